The van der Waals surface area contributed by atoms with Crippen LogP contribution < -0.4 is 0 Å². The van der Waals surface area contributed by atoms with E-state index in [0.717, 1.165) is 51.4 Å². The molecule has 0 aromatic rings. The van der Waals surface area contributed by atoms with Crippen molar-refractivity contribution >= 4 is 5.78 Å². The van der Waals surface area contributed by atoms with Gasteiger partial charge in [0.2, 0.25) is 0 Å². The number of hydrogen-bond acceptors (Lipinski definition) is 2. The van der Waals surface area contributed by atoms with Crippen LogP contribution in [0, 0.1) is 16.2 Å². The first kappa shape index (κ1) is 17.6. The van der Waals surface area contributed by atoms with E-state index in [0.29, 0.717) is 16.7 Å². The third-order valence-electron chi connectivity index (χ3n) is 6.48. The van der Waals surface area contributed by atoms with E-state index in [2.05, 4.69) is 27.7 Å². The molecule has 0 saturated heterocycles. The van der Waals surface area contributed by atoms with Gasteiger partial charge in [0.25, 0.3) is 0 Å². The highest BCUT2D eigenvalue weighted by atomic mass is 16.3. The van der Waals surface area contributed by atoms with Gasteiger partial charge in [-0.05, 0) is 50.9 Å². The van der Waals surface area contributed by atoms with Crippen molar-refractivity contribution in [1.82, 2.24) is 0 Å². The molecular weight excluding hydrogens is 272 g/mol. The highest BCUT2D eigenvalue weighted by molar-refractivity contribution is 5.99. The molecule has 1 N–H and O–H groups in total. The van der Waals surface area contributed by atoms with E-state index < -0.39 is 0 Å². The number of allylic oxidation sites excluding steroid dienone is 2. The highest BCUT2D eigenvalue weighted by Crippen LogP contribution is 2.49. The Labute approximate surface area is 136 Å². The molecule has 2 rings (SSSR count). The normalized spacial score (nSPS) is 27.9. The molecule has 2 saturated carbocycles. The Kier molecular flexibility index (Phi) is 4.80. The molecule has 0 aromatic heterocycles. The Morgan fingerprint density at radius 2 is 1.27 bits per heavy atom. The van der Waals surface area contributed by atoms with E-state index in [1.807, 2.05) is 6.92 Å². The zero-order valence-electron chi connectivity index (χ0n) is 15.2. The molecule has 2 heteroatoms. The lowest BCUT2D eigenvalue weighted by atomic mass is 9.63. The number of hydrogen-bond donors (Lipinski definition) is 1. The van der Waals surface area contributed by atoms with Crippen LogP contribution in [0.3, 0.4) is 0 Å². The van der Waals surface area contributed by atoms with Crippen LogP contribution in [0.5, 0.6) is 0 Å². The zero-order valence-corrected chi connectivity index (χ0v) is 15.2. The van der Waals surface area contributed by atoms with Crippen molar-refractivity contribution in [2.45, 2.75) is 92.4 Å². The fourth-order valence-corrected chi connectivity index (χ4v) is 4.29. The Balaban J connectivity index is 2.19. The van der Waals surface area contributed by atoms with Crippen LogP contribution in [0.1, 0.15) is 92.4 Å². The van der Waals surface area contributed by atoms with Gasteiger partial charge in [0, 0.05) is 16.4 Å². The summed E-state index contributed by atoms with van der Waals surface area (Å²) in [5.41, 5.74) is 0.542. The summed E-state index contributed by atoms with van der Waals surface area (Å²) < 4.78 is 0. The first-order valence-corrected chi connectivity index (χ1v) is 9.05. The maximum Gasteiger partial charge on any atom is 0.167 e. The Morgan fingerprint density at radius 3 is 1.77 bits per heavy atom. The average molecular weight is 306 g/mol. The molecule has 0 unspecified atom stereocenters. The fourth-order valence-electron chi connectivity index (χ4n) is 4.29. The molecular formula is C20H34O2. The van der Waals surface area contributed by atoms with Crippen molar-refractivity contribution in [1.29, 1.82) is 0 Å². The molecule has 126 valence electrons. The van der Waals surface area contributed by atoms with Crippen LogP contribution in [-0.4, -0.2) is 10.9 Å². The zero-order chi connectivity index (χ0) is 16.6. The lowest BCUT2D eigenvalue weighted by Gasteiger charge is -2.42. The minimum absolute atomic E-state index is 0.191. The van der Waals surface area contributed by atoms with Crippen LogP contribution in [-0.2, 0) is 4.79 Å². The smallest absolute Gasteiger partial charge is 0.167 e. The molecule has 2 nitrogen and oxygen atoms in total. The summed E-state index contributed by atoms with van der Waals surface area (Å²) >= 11 is 0. The van der Waals surface area contributed by atoms with Crippen LogP contribution in [0.15, 0.2) is 11.3 Å². The lowest BCUT2D eigenvalue weighted by molar-refractivity contribution is -0.126. The van der Waals surface area contributed by atoms with Gasteiger partial charge in [-0.25, -0.2) is 0 Å². The second-order valence-electron chi connectivity index (χ2n) is 9.15. The topological polar surface area (TPSA) is 37.3 Å². The number of rotatable bonds is 3. The van der Waals surface area contributed by atoms with Gasteiger partial charge in [-0.1, -0.05) is 47.0 Å². The molecule has 0 radical (unpaired) electrons. The summed E-state index contributed by atoms with van der Waals surface area (Å²) in [6.45, 7) is 10.7. The lowest BCUT2D eigenvalue weighted by Crippen LogP contribution is -2.35. The summed E-state index contributed by atoms with van der Waals surface area (Å²) in [6.07, 6.45) is 9.66. The SMILES string of the molecule is C/C(C(=O)C1(C)CCCCC1)=C(/O)C1(C)CCC(C)(C)CC1. The van der Waals surface area contributed by atoms with Crippen LogP contribution >= 0.6 is 0 Å². The number of carbonyl (C=O) groups is 1. The monoisotopic (exact) mass is 306 g/mol. The van der Waals surface area contributed by atoms with E-state index in [1.54, 1.807) is 0 Å². The second kappa shape index (κ2) is 6.02. The van der Waals surface area contributed by atoms with Crippen molar-refractivity contribution in [3.8, 4) is 0 Å². The van der Waals surface area contributed by atoms with Crippen LogP contribution in [0.25, 0.3) is 0 Å². The Bertz CT molecular complexity index is 454. The van der Waals surface area contributed by atoms with Gasteiger partial charge in [-0.15, -0.1) is 0 Å². The minimum atomic E-state index is -0.249. The maximum atomic E-state index is 13.0. The van der Waals surface area contributed by atoms with Gasteiger partial charge in [-0.3, -0.25) is 4.79 Å². The standard InChI is InChI=1S/C20H34O2/c1-15(16(21)19(4)9-7-6-8-10-19)17(22)20(5)13-11-18(2,3)12-14-20/h22H,6-14H2,1-5H3/b17-15-. The molecule has 22 heavy (non-hydrogen) atoms. The second-order valence-corrected chi connectivity index (χ2v) is 9.15. The number of carbonyl (C=O) groups excluding carboxylic acids is 1. The van der Waals surface area contributed by atoms with Crippen molar-refractivity contribution < 1.29 is 9.90 Å². The van der Waals surface area contributed by atoms with Gasteiger partial charge in [-0.2, -0.15) is 0 Å². The van der Waals surface area contributed by atoms with E-state index >= 15 is 0 Å². The summed E-state index contributed by atoms with van der Waals surface area (Å²) in [7, 11) is 0. The number of Topliss-reactive ketones (excluding diaryl/α,β-unsaturated/α-hetero) is 1. The summed E-state index contributed by atoms with van der Waals surface area (Å²) in [5, 5.41) is 10.8. The summed E-state index contributed by atoms with van der Waals surface area (Å²) in [6, 6.07) is 0. The molecule has 2 aliphatic rings. The molecule has 0 amide bonds. The number of ketones is 1. The molecule has 0 aromatic carbocycles. The molecule has 2 fully saturated rings. The average Bonchev–Trinajstić information content (AvgIpc) is 2.49. The number of aliphatic hydroxyl groups excluding tert-OH is 1. The quantitative estimate of drug-likeness (QED) is 0.515. The third kappa shape index (κ3) is 3.41. The summed E-state index contributed by atoms with van der Waals surface area (Å²) in [4.78, 5) is 13.0. The molecule has 0 aliphatic heterocycles. The van der Waals surface area contributed by atoms with Crippen LogP contribution in [0.4, 0.5) is 0 Å². The fraction of sp³-hybridized carbons (Fsp3) is 0.850. The van der Waals surface area contributed by atoms with Gasteiger partial charge in [0.1, 0.15) is 5.76 Å². The molecule has 0 atom stereocenters. The van der Waals surface area contributed by atoms with Crippen LogP contribution in [0.2, 0.25) is 0 Å². The molecule has 0 bridgehead atoms. The first-order valence-electron chi connectivity index (χ1n) is 9.05. The van der Waals surface area contributed by atoms with Crippen molar-refractivity contribution in [3.05, 3.63) is 11.3 Å². The van der Waals surface area contributed by atoms with E-state index in [9.17, 15) is 9.90 Å². The van der Waals surface area contributed by atoms with Crippen molar-refractivity contribution in [3.63, 3.8) is 0 Å². The predicted molar refractivity (Wildman–Crippen MR) is 91.9 cm³/mol. The minimum Gasteiger partial charge on any atom is -0.511 e. The van der Waals surface area contributed by atoms with E-state index in [1.165, 1.54) is 6.42 Å². The summed E-state index contributed by atoms with van der Waals surface area (Å²) in [5.74, 6) is 0.565. The largest absolute Gasteiger partial charge is 0.511 e. The van der Waals surface area contributed by atoms with Crippen molar-refractivity contribution in [2.75, 3.05) is 0 Å². The Morgan fingerprint density at radius 1 is 0.773 bits per heavy atom. The van der Waals surface area contributed by atoms with Gasteiger partial charge >= 0.3 is 0 Å². The highest BCUT2D eigenvalue weighted by Gasteiger charge is 2.42. The van der Waals surface area contributed by atoms with Gasteiger partial charge in [0.15, 0.2) is 5.78 Å². The Hall–Kier alpha value is -0.790. The van der Waals surface area contributed by atoms with E-state index in [-0.39, 0.29) is 16.6 Å². The molecule has 0 spiro atoms. The van der Waals surface area contributed by atoms with Gasteiger partial charge in [0.05, 0.1) is 0 Å². The van der Waals surface area contributed by atoms with E-state index in [4.69, 9.17) is 0 Å². The van der Waals surface area contributed by atoms with Gasteiger partial charge < -0.3 is 5.11 Å². The first-order chi connectivity index (χ1) is 10.1. The molecule has 2 aliphatic carbocycles. The maximum absolute atomic E-state index is 13.0. The number of aliphatic hydroxyl groups is 1. The molecule has 0 heterocycles. The van der Waals surface area contributed by atoms with Crippen molar-refractivity contribution in [2.24, 2.45) is 16.2 Å². The predicted octanol–water partition coefficient (Wildman–Crippen LogP) is 5.96. The third-order valence-corrected chi connectivity index (χ3v) is 6.48.